The Hall–Kier alpha value is -3.44. The molecule has 36 heavy (non-hydrogen) atoms. The number of carbonyl (C=O) groups excluding carboxylic acids is 1. The topological polar surface area (TPSA) is 85.4 Å². The normalized spacial score (nSPS) is 13.1. The van der Waals surface area contributed by atoms with E-state index in [0.29, 0.717) is 69.6 Å². The summed E-state index contributed by atoms with van der Waals surface area (Å²) in [5.41, 5.74) is 1.68. The third-order valence-corrected chi connectivity index (χ3v) is 6.32. The molecule has 0 saturated heterocycles. The minimum absolute atomic E-state index is 0.275. The summed E-state index contributed by atoms with van der Waals surface area (Å²) in [6, 6.07) is 11.3. The lowest BCUT2D eigenvalue weighted by Gasteiger charge is -2.14. The molecule has 12 heteroatoms. The number of alkyl halides is 3. The first-order valence-corrected chi connectivity index (χ1v) is 12.0. The van der Waals surface area contributed by atoms with Gasteiger partial charge in [0.2, 0.25) is 0 Å². The van der Waals surface area contributed by atoms with E-state index in [9.17, 15) is 18.0 Å². The quantitative estimate of drug-likeness (QED) is 0.255. The van der Waals surface area contributed by atoms with Crippen molar-refractivity contribution in [2.45, 2.75) is 17.5 Å². The predicted molar refractivity (Wildman–Crippen MR) is 133 cm³/mol. The molecule has 0 spiro atoms. The van der Waals surface area contributed by atoms with Crippen LogP contribution in [0.3, 0.4) is 0 Å². The molecule has 0 unspecified atom stereocenters. The van der Waals surface area contributed by atoms with Gasteiger partial charge in [0.15, 0.2) is 0 Å². The van der Waals surface area contributed by atoms with Crippen LogP contribution in [-0.2, 0) is 9.53 Å². The second-order valence-electron chi connectivity index (χ2n) is 7.57. The van der Waals surface area contributed by atoms with E-state index < -0.39 is 17.9 Å². The maximum atomic E-state index is 12.5. The van der Waals surface area contributed by atoms with Crippen LogP contribution in [0.25, 0.3) is 6.08 Å². The average molecular weight is 537 g/mol. The molecule has 0 aliphatic carbocycles. The maximum absolute atomic E-state index is 12.5. The van der Waals surface area contributed by atoms with Crippen molar-refractivity contribution >= 4 is 52.7 Å². The van der Waals surface area contributed by atoms with Crippen LogP contribution in [0.15, 0.2) is 59.3 Å². The molecule has 1 aromatic heterocycles. The Morgan fingerprint density at radius 2 is 2.06 bits per heavy atom. The Morgan fingerprint density at radius 1 is 1.22 bits per heavy atom. The monoisotopic (exact) mass is 536 g/mol. The Morgan fingerprint density at radius 3 is 2.81 bits per heavy atom. The predicted octanol–water partition coefficient (Wildman–Crippen LogP) is 6.69. The number of fused-ring (bicyclic) bond motifs is 1. The van der Waals surface area contributed by atoms with Gasteiger partial charge in [-0.25, -0.2) is 14.8 Å². The molecule has 0 saturated carbocycles. The summed E-state index contributed by atoms with van der Waals surface area (Å²) in [7, 11) is 1.33. The molecule has 4 rings (SSSR count). The molecule has 0 radical (unpaired) electrons. The number of hydrogen-bond acceptors (Lipinski definition) is 8. The van der Waals surface area contributed by atoms with Gasteiger partial charge in [0.25, 0.3) is 0 Å². The van der Waals surface area contributed by atoms with Crippen molar-refractivity contribution in [3.05, 3.63) is 65.0 Å². The molecule has 3 aromatic rings. The largest absolute Gasteiger partial charge is 0.466 e. The van der Waals surface area contributed by atoms with Crippen LogP contribution in [0.2, 0.25) is 5.02 Å². The van der Waals surface area contributed by atoms with Crippen LogP contribution in [0.1, 0.15) is 12.0 Å². The number of halogens is 4. The van der Waals surface area contributed by atoms with E-state index in [-0.39, 0.29) is 5.02 Å². The van der Waals surface area contributed by atoms with Crippen LogP contribution >= 0.6 is 23.4 Å². The van der Waals surface area contributed by atoms with Crippen molar-refractivity contribution in [1.29, 1.82) is 0 Å². The van der Waals surface area contributed by atoms with Crippen molar-refractivity contribution in [2.24, 2.45) is 0 Å². The highest BCUT2D eigenvalue weighted by Crippen LogP contribution is 2.36. The molecule has 2 N–H and O–H groups in total. The van der Waals surface area contributed by atoms with Crippen molar-refractivity contribution < 1.29 is 27.4 Å². The van der Waals surface area contributed by atoms with Crippen molar-refractivity contribution in [3.8, 4) is 11.5 Å². The van der Waals surface area contributed by atoms with Gasteiger partial charge in [-0.1, -0.05) is 17.7 Å². The standard InChI is InChI=1S/C24H20ClF3N4O3S/c1-34-23(33)14-7-8-29-21-18(9-14)22(31-13-30-21)32-15-5-6-20(19(25)10-15)35-16-3-2-4-17(11-16)36-12-24(26,27)28/h2-6,9-11,13H,7-8,12H2,1H3,(H2,29,30,31,32). The maximum Gasteiger partial charge on any atom is 0.398 e. The number of aromatic nitrogens is 2. The van der Waals surface area contributed by atoms with E-state index in [4.69, 9.17) is 21.1 Å². The van der Waals surface area contributed by atoms with Gasteiger partial charge in [-0.15, -0.1) is 11.8 Å². The van der Waals surface area contributed by atoms with Crippen molar-refractivity contribution in [1.82, 2.24) is 9.97 Å². The van der Waals surface area contributed by atoms with Gasteiger partial charge in [-0.3, -0.25) is 0 Å². The zero-order valence-electron chi connectivity index (χ0n) is 18.9. The van der Waals surface area contributed by atoms with Gasteiger partial charge in [0.1, 0.15) is 29.5 Å². The first-order valence-electron chi connectivity index (χ1n) is 10.6. The lowest BCUT2D eigenvalue weighted by atomic mass is 10.1. The molecule has 188 valence electrons. The molecule has 0 atom stereocenters. The fraction of sp³-hybridized carbons (Fsp3) is 0.208. The van der Waals surface area contributed by atoms with Gasteiger partial charge < -0.3 is 20.1 Å². The van der Waals surface area contributed by atoms with Crippen LogP contribution in [0.5, 0.6) is 11.5 Å². The fourth-order valence-corrected chi connectivity index (χ4v) is 4.27. The number of esters is 1. The van der Waals surface area contributed by atoms with E-state index >= 15 is 0 Å². The number of anilines is 3. The molecular formula is C24H20ClF3N4O3S. The number of hydrogen-bond donors (Lipinski definition) is 2. The SMILES string of the molecule is COC(=O)C1=Cc2c(ncnc2Nc2ccc(Oc3cccc(SCC(F)(F)F)c3)c(Cl)c2)NCC1. The minimum Gasteiger partial charge on any atom is -0.466 e. The molecule has 1 aliphatic heterocycles. The van der Waals surface area contributed by atoms with E-state index in [0.717, 1.165) is 0 Å². The van der Waals surface area contributed by atoms with Gasteiger partial charge >= 0.3 is 12.1 Å². The van der Waals surface area contributed by atoms with Crippen LogP contribution in [0.4, 0.5) is 30.5 Å². The lowest BCUT2D eigenvalue weighted by Crippen LogP contribution is -2.10. The van der Waals surface area contributed by atoms with E-state index in [2.05, 4.69) is 20.6 Å². The molecule has 2 heterocycles. The van der Waals surface area contributed by atoms with Crippen LogP contribution < -0.4 is 15.4 Å². The summed E-state index contributed by atoms with van der Waals surface area (Å²) in [6.07, 6.45) is -0.709. The van der Waals surface area contributed by atoms with E-state index in [1.165, 1.54) is 19.5 Å². The van der Waals surface area contributed by atoms with E-state index in [1.54, 1.807) is 42.5 Å². The molecule has 0 fully saturated rings. The molecule has 0 bridgehead atoms. The first kappa shape index (κ1) is 25.6. The highest BCUT2D eigenvalue weighted by Gasteiger charge is 2.27. The summed E-state index contributed by atoms with van der Waals surface area (Å²) in [5.74, 6) is 0.296. The Kier molecular flexibility index (Phi) is 7.90. The second kappa shape index (κ2) is 11.1. The third-order valence-electron chi connectivity index (χ3n) is 4.97. The van der Waals surface area contributed by atoms with Crippen molar-refractivity contribution in [2.75, 3.05) is 30.0 Å². The zero-order valence-corrected chi connectivity index (χ0v) is 20.4. The number of nitrogens with one attached hydrogen (secondary N) is 2. The van der Waals surface area contributed by atoms with Crippen LogP contribution in [-0.4, -0.2) is 41.5 Å². The zero-order chi connectivity index (χ0) is 25.7. The number of benzene rings is 2. The van der Waals surface area contributed by atoms with Gasteiger partial charge in [-0.05, 0) is 48.9 Å². The Balaban J connectivity index is 1.52. The third kappa shape index (κ3) is 6.61. The van der Waals surface area contributed by atoms with Gasteiger partial charge in [0.05, 0.1) is 23.4 Å². The highest BCUT2D eigenvalue weighted by molar-refractivity contribution is 7.99. The Bertz CT molecular complexity index is 1300. The lowest BCUT2D eigenvalue weighted by molar-refractivity contribution is -0.136. The molecule has 0 amide bonds. The molecule has 7 nitrogen and oxygen atoms in total. The molecular weight excluding hydrogens is 517 g/mol. The minimum atomic E-state index is -4.26. The van der Waals surface area contributed by atoms with Gasteiger partial charge in [-0.2, -0.15) is 13.2 Å². The van der Waals surface area contributed by atoms with Crippen molar-refractivity contribution in [3.63, 3.8) is 0 Å². The fourth-order valence-electron chi connectivity index (χ4n) is 3.34. The summed E-state index contributed by atoms with van der Waals surface area (Å²) < 4.78 is 48.2. The number of carbonyl (C=O) groups is 1. The summed E-state index contributed by atoms with van der Waals surface area (Å²) in [6.45, 7) is 0.512. The second-order valence-corrected chi connectivity index (χ2v) is 9.03. The van der Waals surface area contributed by atoms with Gasteiger partial charge in [0, 0.05) is 22.7 Å². The summed E-state index contributed by atoms with van der Waals surface area (Å²) >= 11 is 7.10. The molecule has 2 aromatic carbocycles. The summed E-state index contributed by atoms with van der Waals surface area (Å²) in [4.78, 5) is 21.0. The summed E-state index contributed by atoms with van der Waals surface area (Å²) in [5, 5.41) is 6.62. The van der Waals surface area contributed by atoms with E-state index in [1.807, 2.05) is 0 Å². The number of thioether (sulfide) groups is 1. The number of rotatable bonds is 7. The first-order chi connectivity index (χ1) is 17.2. The van der Waals surface area contributed by atoms with Crippen LogP contribution in [0, 0.1) is 0 Å². The average Bonchev–Trinajstić information content (AvgIpc) is 3.07. The number of methoxy groups -OCH3 is 1. The number of nitrogens with zero attached hydrogens (tertiary/aromatic N) is 2. The Labute approximate surface area is 214 Å². The number of ether oxygens (including phenoxy) is 2. The smallest absolute Gasteiger partial charge is 0.398 e. The highest BCUT2D eigenvalue weighted by atomic mass is 35.5. The molecule has 1 aliphatic rings.